The van der Waals surface area contributed by atoms with Crippen molar-refractivity contribution < 1.29 is 24.4 Å². The number of hydrogen-bond acceptors (Lipinski definition) is 8. The van der Waals surface area contributed by atoms with Crippen LogP contribution >= 0.6 is 0 Å². The summed E-state index contributed by atoms with van der Waals surface area (Å²) in [7, 11) is 0. The summed E-state index contributed by atoms with van der Waals surface area (Å²) < 4.78 is 19.8. The van der Waals surface area contributed by atoms with Crippen LogP contribution in [-0.4, -0.2) is 59.8 Å². The van der Waals surface area contributed by atoms with E-state index in [1.165, 1.54) is 10.9 Å². The van der Waals surface area contributed by atoms with Crippen molar-refractivity contribution >= 4 is 17.0 Å². The number of aromatic nitrogens is 4. The summed E-state index contributed by atoms with van der Waals surface area (Å²) in [6.45, 7) is -0.465. The maximum Gasteiger partial charge on any atom is 0.312 e. The number of hydrogen-bond donors (Lipinski definition) is 4. The molecule has 0 aromatic carbocycles. The molecular formula is C10H12FN5O4. The first-order chi connectivity index (χ1) is 9.52. The number of rotatable bonds is 2. The number of nitrogens with two attached hydrogens (primary N) is 1. The zero-order valence-corrected chi connectivity index (χ0v) is 10.1. The number of halogens is 1. The van der Waals surface area contributed by atoms with Gasteiger partial charge in [-0.3, -0.25) is 4.57 Å². The summed E-state index contributed by atoms with van der Waals surface area (Å²) in [4.78, 5) is 10.8. The first-order valence-electron chi connectivity index (χ1n) is 5.81. The van der Waals surface area contributed by atoms with E-state index in [0.717, 1.165) is 0 Å². The molecule has 108 valence electrons. The summed E-state index contributed by atoms with van der Waals surface area (Å²) in [6, 6.07) is 0. The lowest BCUT2D eigenvalue weighted by molar-refractivity contribution is -0.0511. The third kappa shape index (κ3) is 1.81. The van der Waals surface area contributed by atoms with E-state index in [1.54, 1.807) is 0 Å². The van der Waals surface area contributed by atoms with E-state index in [1.807, 2.05) is 0 Å². The highest BCUT2D eigenvalue weighted by Crippen LogP contribution is 2.31. The lowest BCUT2D eigenvalue weighted by atomic mass is 10.1. The van der Waals surface area contributed by atoms with Crippen LogP contribution in [0.25, 0.3) is 11.2 Å². The highest BCUT2D eigenvalue weighted by atomic mass is 19.1. The van der Waals surface area contributed by atoms with Crippen molar-refractivity contribution in [1.82, 2.24) is 19.5 Å². The van der Waals surface area contributed by atoms with Crippen LogP contribution in [0.2, 0.25) is 0 Å². The summed E-state index contributed by atoms with van der Waals surface area (Å²) in [6.07, 6.45) is -4.38. The number of nitrogens with zero attached hydrogens (tertiary/aromatic N) is 4. The van der Waals surface area contributed by atoms with Crippen LogP contribution in [0, 0.1) is 6.08 Å². The monoisotopic (exact) mass is 285 g/mol. The average Bonchev–Trinajstić information content (AvgIpc) is 2.93. The second-order valence-corrected chi connectivity index (χ2v) is 4.43. The average molecular weight is 285 g/mol. The van der Waals surface area contributed by atoms with E-state index in [-0.39, 0.29) is 17.0 Å². The molecule has 9 nitrogen and oxygen atoms in total. The van der Waals surface area contributed by atoms with Crippen LogP contribution in [0.1, 0.15) is 6.23 Å². The van der Waals surface area contributed by atoms with Crippen LogP contribution in [0.3, 0.4) is 0 Å². The van der Waals surface area contributed by atoms with Crippen molar-refractivity contribution in [3.8, 4) is 0 Å². The van der Waals surface area contributed by atoms with E-state index in [9.17, 15) is 14.6 Å². The Bertz CT molecular complexity index is 650. The number of imidazole rings is 1. The molecule has 3 heterocycles. The van der Waals surface area contributed by atoms with Crippen molar-refractivity contribution in [3.63, 3.8) is 0 Å². The van der Waals surface area contributed by atoms with Crippen LogP contribution in [0.5, 0.6) is 0 Å². The van der Waals surface area contributed by atoms with Crippen LogP contribution in [0.15, 0.2) is 6.33 Å². The van der Waals surface area contributed by atoms with Crippen LogP contribution in [-0.2, 0) is 4.74 Å². The number of anilines is 1. The Kier molecular flexibility index (Phi) is 3.01. The maximum absolute atomic E-state index is 13.2. The number of nitrogen functional groups attached to an aromatic ring is 1. The maximum atomic E-state index is 13.2. The molecule has 1 fully saturated rings. The zero-order chi connectivity index (χ0) is 14.4. The van der Waals surface area contributed by atoms with Crippen molar-refractivity contribution in [3.05, 3.63) is 12.4 Å². The molecule has 3 rings (SSSR count). The normalized spacial score (nSPS) is 30.2. The van der Waals surface area contributed by atoms with E-state index in [2.05, 4.69) is 15.0 Å². The fraction of sp³-hybridized carbons (Fsp3) is 0.500. The third-order valence-electron chi connectivity index (χ3n) is 3.21. The summed E-state index contributed by atoms with van der Waals surface area (Å²) in [5, 5.41) is 28.7. The second kappa shape index (κ2) is 4.59. The lowest BCUT2D eigenvalue weighted by Crippen LogP contribution is -2.33. The number of fused-ring (bicyclic) bond motifs is 1. The van der Waals surface area contributed by atoms with Gasteiger partial charge in [0, 0.05) is 0 Å². The van der Waals surface area contributed by atoms with Gasteiger partial charge in [0.1, 0.15) is 18.3 Å². The minimum absolute atomic E-state index is 0.0323. The third-order valence-corrected chi connectivity index (χ3v) is 3.21. The van der Waals surface area contributed by atoms with Gasteiger partial charge in [-0.1, -0.05) is 0 Å². The number of aliphatic hydroxyl groups is 3. The molecule has 5 N–H and O–H groups in total. The topological polar surface area (TPSA) is 140 Å². The molecule has 1 aliphatic rings. The van der Waals surface area contributed by atoms with Gasteiger partial charge in [-0.2, -0.15) is 14.4 Å². The SMILES string of the molecule is Nc1nc(F)nc2c1ncn2[C@@H]1O[C@@H](CO)[C@H](O)[C@@H]1O. The molecule has 0 amide bonds. The molecule has 1 saturated heterocycles. The van der Waals surface area contributed by atoms with Crippen LogP contribution in [0.4, 0.5) is 10.2 Å². The largest absolute Gasteiger partial charge is 0.394 e. The molecule has 2 aromatic rings. The molecular weight excluding hydrogens is 273 g/mol. The Morgan fingerprint density at radius 3 is 2.75 bits per heavy atom. The fourth-order valence-corrected chi connectivity index (χ4v) is 2.21. The smallest absolute Gasteiger partial charge is 0.312 e. The molecule has 0 bridgehead atoms. The van der Waals surface area contributed by atoms with Gasteiger partial charge in [-0.25, -0.2) is 4.98 Å². The Hall–Kier alpha value is -1.88. The number of ether oxygens (including phenoxy) is 1. The Labute approximate surface area is 111 Å². The quantitative estimate of drug-likeness (QED) is 0.472. The molecule has 0 unspecified atom stereocenters. The van der Waals surface area contributed by atoms with Crippen molar-refractivity contribution in [2.24, 2.45) is 0 Å². The van der Waals surface area contributed by atoms with Crippen molar-refractivity contribution in [1.29, 1.82) is 0 Å². The van der Waals surface area contributed by atoms with Crippen LogP contribution < -0.4 is 5.73 Å². The van der Waals surface area contributed by atoms with Gasteiger partial charge in [-0.15, -0.1) is 0 Å². The standard InChI is InChI=1S/C10H12FN5O4/c11-10-14-7(12)4-8(15-10)16(2-13-4)9-6(19)5(18)3(1-17)20-9/h2-3,5-6,9,17-19H,1H2,(H2,12,14,15)/t3-,5-,6-,9+/m0/s1. The predicted molar refractivity (Wildman–Crippen MR) is 62.7 cm³/mol. The lowest BCUT2D eigenvalue weighted by Gasteiger charge is -2.16. The van der Waals surface area contributed by atoms with E-state index < -0.39 is 37.2 Å². The summed E-state index contributed by atoms with van der Waals surface area (Å²) in [5.74, 6) is -0.141. The highest BCUT2D eigenvalue weighted by Gasteiger charge is 2.44. The molecule has 0 radical (unpaired) electrons. The molecule has 0 saturated carbocycles. The molecule has 1 aliphatic heterocycles. The molecule has 2 aromatic heterocycles. The van der Waals surface area contributed by atoms with E-state index in [4.69, 9.17) is 15.6 Å². The van der Waals surface area contributed by atoms with Gasteiger partial charge in [-0.05, 0) is 0 Å². The Morgan fingerprint density at radius 2 is 2.10 bits per heavy atom. The fourth-order valence-electron chi connectivity index (χ4n) is 2.21. The molecule has 20 heavy (non-hydrogen) atoms. The molecule has 0 aliphatic carbocycles. The van der Waals surface area contributed by atoms with Gasteiger partial charge in [0.2, 0.25) is 0 Å². The minimum Gasteiger partial charge on any atom is -0.394 e. The van der Waals surface area contributed by atoms with Crippen molar-refractivity contribution in [2.75, 3.05) is 12.3 Å². The van der Waals surface area contributed by atoms with Gasteiger partial charge >= 0.3 is 6.08 Å². The van der Waals surface area contributed by atoms with Gasteiger partial charge in [0.05, 0.1) is 12.9 Å². The highest BCUT2D eigenvalue weighted by molar-refractivity contribution is 5.81. The second-order valence-electron chi connectivity index (χ2n) is 4.43. The van der Waals surface area contributed by atoms with Gasteiger partial charge in [0.15, 0.2) is 23.2 Å². The van der Waals surface area contributed by atoms with Crippen molar-refractivity contribution in [2.45, 2.75) is 24.5 Å². The first-order valence-corrected chi connectivity index (χ1v) is 5.81. The predicted octanol–water partition coefficient (Wildman–Crippen LogP) is -1.84. The molecule has 0 spiro atoms. The Balaban J connectivity index is 2.07. The Morgan fingerprint density at radius 1 is 1.35 bits per heavy atom. The summed E-state index contributed by atoms with van der Waals surface area (Å²) >= 11 is 0. The zero-order valence-electron chi connectivity index (χ0n) is 10.1. The number of aliphatic hydroxyl groups excluding tert-OH is 3. The summed E-state index contributed by atoms with van der Waals surface area (Å²) in [5.41, 5.74) is 5.71. The molecule has 10 heteroatoms. The first kappa shape index (κ1) is 13.1. The van der Waals surface area contributed by atoms with Gasteiger partial charge < -0.3 is 25.8 Å². The van der Waals surface area contributed by atoms with E-state index in [0.29, 0.717) is 0 Å². The van der Waals surface area contributed by atoms with Gasteiger partial charge in [0.25, 0.3) is 0 Å². The minimum atomic E-state index is -1.32. The molecule has 4 atom stereocenters. The van der Waals surface area contributed by atoms with E-state index >= 15 is 0 Å².